The number of nitrogens with zero attached hydrogens (tertiary/aromatic N) is 3. The van der Waals surface area contributed by atoms with Crippen LogP contribution in [0, 0.1) is 0 Å². The number of hydrogen-bond acceptors (Lipinski definition) is 5. The summed E-state index contributed by atoms with van der Waals surface area (Å²) >= 11 is 0. The molecule has 1 aromatic carbocycles. The van der Waals surface area contributed by atoms with Crippen LogP contribution in [0.4, 0.5) is 5.82 Å². The highest BCUT2D eigenvalue weighted by atomic mass is 32.2. The largest absolute Gasteiger partial charge is 0.356 e. The van der Waals surface area contributed by atoms with E-state index in [0.29, 0.717) is 12.1 Å². The number of nitrogens with one attached hydrogen (secondary N) is 1. The van der Waals surface area contributed by atoms with Crippen LogP contribution in [0.2, 0.25) is 0 Å². The molecule has 0 radical (unpaired) electrons. The number of sulfonamides is 1. The molecule has 1 fully saturated rings. The summed E-state index contributed by atoms with van der Waals surface area (Å²) in [5.41, 5.74) is 1.40. The zero-order valence-corrected chi connectivity index (χ0v) is 18.7. The van der Waals surface area contributed by atoms with Crippen molar-refractivity contribution in [3.05, 3.63) is 53.7 Å². The van der Waals surface area contributed by atoms with Gasteiger partial charge in [-0.3, -0.25) is 4.79 Å². The monoisotopic (exact) mass is 430 g/mol. The molecular formula is C22H30N4O3S. The van der Waals surface area contributed by atoms with E-state index in [4.69, 9.17) is 0 Å². The average molecular weight is 431 g/mol. The first kappa shape index (κ1) is 22.2. The van der Waals surface area contributed by atoms with E-state index in [-0.39, 0.29) is 16.8 Å². The van der Waals surface area contributed by atoms with Gasteiger partial charge in [0.25, 0.3) is 5.91 Å². The molecule has 162 valence electrons. The Bertz CT molecular complexity index is 968. The minimum atomic E-state index is -3.52. The summed E-state index contributed by atoms with van der Waals surface area (Å²) in [6.07, 6.45) is 5.15. The van der Waals surface area contributed by atoms with E-state index in [0.717, 1.165) is 37.3 Å². The Labute approximate surface area is 179 Å². The Morgan fingerprint density at radius 2 is 1.80 bits per heavy atom. The topological polar surface area (TPSA) is 82.6 Å². The van der Waals surface area contributed by atoms with E-state index in [2.05, 4.69) is 15.2 Å². The first-order valence-corrected chi connectivity index (χ1v) is 11.8. The lowest BCUT2D eigenvalue weighted by atomic mass is 10.1. The molecule has 1 N–H and O–H groups in total. The van der Waals surface area contributed by atoms with Gasteiger partial charge in [0.15, 0.2) is 0 Å². The molecule has 7 nitrogen and oxygen atoms in total. The lowest BCUT2D eigenvalue weighted by molar-refractivity contribution is 0.0951. The van der Waals surface area contributed by atoms with Gasteiger partial charge in [-0.2, -0.15) is 4.31 Å². The van der Waals surface area contributed by atoms with Gasteiger partial charge in [0.05, 0.1) is 10.5 Å². The van der Waals surface area contributed by atoms with Crippen LogP contribution in [0.3, 0.4) is 0 Å². The Kier molecular flexibility index (Phi) is 7.10. The molecule has 8 heteroatoms. The van der Waals surface area contributed by atoms with Crippen LogP contribution >= 0.6 is 0 Å². The van der Waals surface area contributed by atoms with Gasteiger partial charge in [0.2, 0.25) is 10.0 Å². The fourth-order valence-electron chi connectivity index (χ4n) is 3.43. The van der Waals surface area contributed by atoms with Crippen molar-refractivity contribution in [2.45, 2.75) is 50.6 Å². The number of carbonyl (C=O) groups is 1. The minimum Gasteiger partial charge on any atom is -0.356 e. The molecule has 0 saturated carbocycles. The predicted octanol–water partition coefficient (Wildman–Crippen LogP) is 3.03. The number of benzene rings is 1. The fraction of sp³-hybridized carbons (Fsp3) is 0.455. The van der Waals surface area contributed by atoms with Crippen LogP contribution in [0.25, 0.3) is 0 Å². The molecule has 30 heavy (non-hydrogen) atoms. The quantitative estimate of drug-likeness (QED) is 0.730. The zero-order valence-electron chi connectivity index (χ0n) is 17.8. The van der Waals surface area contributed by atoms with Crippen LogP contribution in [-0.2, 0) is 16.6 Å². The highest BCUT2D eigenvalue weighted by Crippen LogP contribution is 2.22. The van der Waals surface area contributed by atoms with Crippen LogP contribution in [0.5, 0.6) is 0 Å². The third kappa shape index (κ3) is 4.99. The van der Waals surface area contributed by atoms with Gasteiger partial charge in [-0.25, -0.2) is 13.4 Å². The lowest BCUT2D eigenvalue weighted by Gasteiger charge is -2.29. The van der Waals surface area contributed by atoms with E-state index in [1.807, 2.05) is 13.8 Å². The number of aromatic nitrogens is 1. The standard InChI is InChI=1S/C22H30N4O3S/c1-17(2)25(3)30(28,29)19-11-9-18(10-12-19)16-24-22(27)20-8-7-13-23-21(20)26-14-5-4-6-15-26/h7-13,17H,4-6,14-16H2,1-3H3,(H,24,27). The summed E-state index contributed by atoms with van der Waals surface area (Å²) in [6.45, 7) is 5.81. The maximum absolute atomic E-state index is 12.8. The number of pyridine rings is 1. The molecule has 2 aromatic rings. The number of hydrogen-bond donors (Lipinski definition) is 1. The fourth-order valence-corrected chi connectivity index (χ4v) is 4.80. The molecule has 0 aliphatic carbocycles. The van der Waals surface area contributed by atoms with Gasteiger partial charge in [-0.1, -0.05) is 12.1 Å². The number of amides is 1. The molecule has 0 atom stereocenters. The van der Waals surface area contributed by atoms with Crippen molar-refractivity contribution in [2.75, 3.05) is 25.0 Å². The third-order valence-electron chi connectivity index (χ3n) is 5.47. The van der Waals surface area contributed by atoms with E-state index >= 15 is 0 Å². The van der Waals surface area contributed by atoms with Crippen LogP contribution in [0.1, 0.15) is 49.0 Å². The number of anilines is 1. The van der Waals surface area contributed by atoms with Crippen molar-refractivity contribution in [3.63, 3.8) is 0 Å². The molecular weight excluding hydrogens is 400 g/mol. The number of rotatable bonds is 7. The van der Waals surface area contributed by atoms with Crippen LogP contribution < -0.4 is 10.2 Å². The van der Waals surface area contributed by atoms with E-state index in [1.165, 1.54) is 10.7 Å². The Morgan fingerprint density at radius 3 is 2.43 bits per heavy atom. The van der Waals surface area contributed by atoms with Gasteiger partial charge in [-0.05, 0) is 62.9 Å². The van der Waals surface area contributed by atoms with Crippen molar-refractivity contribution in [3.8, 4) is 0 Å². The summed E-state index contributed by atoms with van der Waals surface area (Å²) in [6, 6.07) is 10.1. The van der Waals surface area contributed by atoms with Gasteiger partial charge >= 0.3 is 0 Å². The van der Waals surface area contributed by atoms with Gasteiger partial charge in [0.1, 0.15) is 5.82 Å². The van der Waals surface area contributed by atoms with Crippen LogP contribution in [-0.4, -0.2) is 49.8 Å². The highest BCUT2D eigenvalue weighted by Gasteiger charge is 2.23. The van der Waals surface area contributed by atoms with Crippen LogP contribution in [0.15, 0.2) is 47.5 Å². The highest BCUT2D eigenvalue weighted by molar-refractivity contribution is 7.89. The van der Waals surface area contributed by atoms with Crippen molar-refractivity contribution >= 4 is 21.7 Å². The number of carbonyl (C=O) groups excluding carboxylic acids is 1. The van der Waals surface area contributed by atoms with Crippen molar-refractivity contribution in [1.29, 1.82) is 0 Å². The number of piperidine rings is 1. The second-order valence-electron chi connectivity index (χ2n) is 7.86. The maximum atomic E-state index is 12.8. The van der Waals surface area contributed by atoms with Crippen molar-refractivity contribution in [2.24, 2.45) is 0 Å². The Morgan fingerprint density at radius 1 is 1.13 bits per heavy atom. The van der Waals surface area contributed by atoms with Gasteiger partial charge in [0, 0.05) is 38.9 Å². The normalized spacial score (nSPS) is 14.9. The summed E-state index contributed by atoms with van der Waals surface area (Å²) in [5, 5.41) is 2.93. The molecule has 1 aliphatic rings. The molecule has 1 aromatic heterocycles. The molecule has 0 spiro atoms. The lowest BCUT2D eigenvalue weighted by Crippen LogP contribution is -2.33. The molecule has 1 saturated heterocycles. The maximum Gasteiger partial charge on any atom is 0.255 e. The van der Waals surface area contributed by atoms with Gasteiger partial charge < -0.3 is 10.2 Å². The SMILES string of the molecule is CC(C)N(C)S(=O)(=O)c1ccc(CNC(=O)c2cccnc2N2CCCCC2)cc1. The van der Waals surface area contributed by atoms with Crippen molar-refractivity contribution < 1.29 is 13.2 Å². The summed E-state index contributed by atoms with van der Waals surface area (Å²) < 4.78 is 26.5. The van der Waals surface area contributed by atoms with E-state index < -0.39 is 10.0 Å². The molecule has 1 amide bonds. The molecule has 0 bridgehead atoms. The summed E-state index contributed by atoms with van der Waals surface area (Å²) in [7, 11) is -1.94. The van der Waals surface area contributed by atoms with Crippen molar-refractivity contribution in [1.82, 2.24) is 14.6 Å². The molecule has 0 unspecified atom stereocenters. The molecule has 1 aliphatic heterocycles. The molecule has 3 rings (SSSR count). The van der Waals surface area contributed by atoms with Gasteiger partial charge in [-0.15, -0.1) is 0 Å². The average Bonchev–Trinajstić information content (AvgIpc) is 2.77. The zero-order chi connectivity index (χ0) is 21.7. The first-order chi connectivity index (χ1) is 14.3. The minimum absolute atomic E-state index is 0.123. The summed E-state index contributed by atoms with van der Waals surface area (Å²) in [5.74, 6) is 0.549. The smallest absolute Gasteiger partial charge is 0.255 e. The Balaban J connectivity index is 1.67. The third-order valence-corrected chi connectivity index (χ3v) is 7.52. The van der Waals surface area contributed by atoms with E-state index in [9.17, 15) is 13.2 Å². The molecule has 2 heterocycles. The summed E-state index contributed by atoms with van der Waals surface area (Å²) in [4.78, 5) is 19.6. The first-order valence-electron chi connectivity index (χ1n) is 10.4. The predicted molar refractivity (Wildman–Crippen MR) is 118 cm³/mol. The van der Waals surface area contributed by atoms with E-state index in [1.54, 1.807) is 49.6 Å². The second-order valence-corrected chi connectivity index (χ2v) is 9.86. The Hall–Kier alpha value is -2.45. The second kappa shape index (κ2) is 9.57.